The molecule has 0 bridgehead atoms. The first-order valence-corrected chi connectivity index (χ1v) is 5.76. The van der Waals surface area contributed by atoms with Crippen LogP contribution in [0.2, 0.25) is 0 Å². The van der Waals surface area contributed by atoms with Crippen LogP contribution in [-0.4, -0.2) is 5.78 Å². The Morgan fingerprint density at radius 1 is 1.20 bits per heavy atom. The van der Waals surface area contributed by atoms with E-state index in [4.69, 9.17) is 0 Å². The minimum absolute atomic E-state index is 0.00262. The molecule has 0 aliphatic rings. The number of allylic oxidation sites excluding steroid dienone is 6. The Hall–Kier alpha value is -1.11. The predicted molar refractivity (Wildman–Crippen MR) is 66.8 cm³/mol. The van der Waals surface area contributed by atoms with Crippen molar-refractivity contribution in [1.29, 1.82) is 0 Å². The molecular weight excluding hydrogens is 184 g/mol. The van der Waals surface area contributed by atoms with Crippen LogP contribution in [0.3, 0.4) is 0 Å². The zero-order valence-corrected chi connectivity index (χ0v) is 10.1. The molecular formula is C14H22O. The molecule has 0 saturated carbocycles. The van der Waals surface area contributed by atoms with Gasteiger partial charge in [-0.3, -0.25) is 4.79 Å². The number of ketones is 1. The minimum atomic E-state index is 0.00262. The van der Waals surface area contributed by atoms with Crippen molar-refractivity contribution in [1.82, 2.24) is 0 Å². The van der Waals surface area contributed by atoms with E-state index in [1.54, 1.807) is 6.08 Å². The normalized spacial score (nSPS) is 14.3. The lowest BCUT2D eigenvalue weighted by Gasteiger charge is -1.99. The van der Waals surface area contributed by atoms with Crippen LogP contribution in [0.5, 0.6) is 0 Å². The molecule has 0 aromatic carbocycles. The molecule has 0 spiro atoms. The van der Waals surface area contributed by atoms with Gasteiger partial charge >= 0.3 is 0 Å². The fraction of sp³-hybridized carbons (Fsp3) is 0.500. The minimum Gasteiger partial charge on any atom is -0.294 e. The lowest BCUT2D eigenvalue weighted by molar-refractivity contribution is -0.116. The second kappa shape index (κ2) is 9.45. The van der Waals surface area contributed by atoms with E-state index in [1.807, 2.05) is 31.2 Å². The molecule has 0 heterocycles. The summed E-state index contributed by atoms with van der Waals surface area (Å²) in [6.45, 7) is 6.14. The Balaban J connectivity index is 3.98. The van der Waals surface area contributed by atoms with Crippen LogP contribution in [0, 0.1) is 5.92 Å². The zero-order chi connectivity index (χ0) is 11.5. The molecule has 0 aromatic rings. The maximum absolute atomic E-state index is 11.5. The molecule has 1 nitrogen and oxygen atoms in total. The summed E-state index contributed by atoms with van der Waals surface area (Å²) in [6.07, 6.45) is 14.7. The molecule has 0 radical (unpaired) electrons. The van der Waals surface area contributed by atoms with Gasteiger partial charge in [-0.15, -0.1) is 0 Å². The molecule has 1 heteroatoms. The summed E-state index contributed by atoms with van der Waals surface area (Å²) in [6, 6.07) is 0. The Morgan fingerprint density at radius 2 is 1.93 bits per heavy atom. The highest BCUT2D eigenvalue weighted by Gasteiger charge is 2.03. The van der Waals surface area contributed by atoms with Crippen LogP contribution in [0.4, 0.5) is 0 Å². The monoisotopic (exact) mass is 206 g/mol. The first-order valence-electron chi connectivity index (χ1n) is 5.76. The van der Waals surface area contributed by atoms with Crippen LogP contribution in [0.25, 0.3) is 0 Å². The van der Waals surface area contributed by atoms with Crippen molar-refractivity contribution in [3.63, 3.8) is 0 Å². The third-order valence-corrected chi connectivity index (χ3v) is 2.07. The van der Waals surface area contributed by atoms with Gasteiger partial charge in [0.15, 0.2) is 5.78 Å². The van der Waals surface area contributed by atoms with E-state index in [9.17, 15) is 4.79 Å². The summed E-state index contributed by atoms with van der Waals surface area (Å²) in [5.41, 5.74) is 0. The first kappa shape index (κ1) is 13.9. The van der Waals surface area contributed by atoms with E-state index in [2.05, 4.69) is 19.9 Å². The SMILES string of the molecule is CC/C=C/C=C/C(=O)[C@H](C)/C=C/CCC. The van der Waals surface area contributed by atoms with Crippen molar-refractivity contribution in [3.8, 4) is 0 Å². The zero-order valence-electron chi connectivity index (χ0n) is 10.1. The van der Waals surface area contributed by atoms with Crippen molar-refractivity contribution in [2.75, 3.05) is 0 Å². The molecule has 15 heavy (non-hydrogen) atoms. The molecule has 0 saturated heterocycles. The van der Waals surface area contributed by atoms with Gasteiger partial charge in [0.25, 0.3) is 0 Å². The molecule has 0 rings (SSSR count). The summed E-state index contributed by atoms with van der Waals surface area (Å²) in [7, 11) is 0. The quantitative estimate of drug-likeness (QED) is 0.348. The number of hydrogen-bond acceptors (Lipinski definition) is 1. The van der Waals surface area contributed by atoms with Crippen molar-refractivity contribution in [2.45, 2.75) is 40.0 Å². The number of carbonyl (C=O) groups excluding carboxylic acids is 1. The maximum atomic E-state index is 11.5. The summed E-state index contributed by atoms with van der Waals surface area (Å²) >= 11 is 0. The summed E-state index contributed by atoms with van der Waals surface area (Å²) in [4.78, 5) is 11.5. The Kier molecular flexibility index (Phi) is 8.75. The van der Waals surface area contributed by atoms with E-state index in [-0.39, 0.29) is 11.7 Å². The van der Waals surface area contributed by atoms with E-state index >= 15 is 0 Å². The largest absolute Gasteiger partial charge is 0.294 e. The van der Waals surface area contributed by atoms with Crippen molar-refractivity contribution in [2.24, 2.45) is 5.92 Å². The molecule has 0 aliphatic carbocycles. The number of carbonyl (C=O) groups is 1. The third-order valence-electron chi connectivity index (χ3n) is 2.07. The van der Waals surface area contributed by atoms with Crippen LogP contribution < -0.4 is 0 Å². The number of rotatable bonds is 7. The fourth-order valence-electron chi connectivity index (χ4n) is 1.08. The van der Waals surface area contributed by atoms with E-state index in [1.165, 1.54) is 0 Å². The van der Waals surface area contributed by atoms with Crippen LogP contribution in [0.15, 0.2) is 36.5 Å². The summed E-state index contributed by atoms with van der Waals surface area (Å²) in [5, 5.41) is 0. The highest BCUT2D eigenvalue weighted by Crippen LogP contribution is 2.02. The lowest BCUT2D eigenvalue weighted by atomic mass is 10.1. The standard InChI is InChI=1S/C14H22O/c1-4-6-8-10-12-14(15)13(3)11-9-7-5-2/h6,8-13H,4-5,7H2,1-3H3/b8-6+,11-9+,12-10+/t13-/m1/s1. The number of hydrogen-bond donors (Lipinski definition) is 0. The van der Waals surface area contributed by atoms with E-state index in [0.717, 1.165) is 19.3 Å². The van der Waals surface area contributed by atoms with Gasteiger partial charge in [-0.1, -0.05) is 57.6 Å². The van der Waals surface area contributed by atoms with Gasteiger partial charge in [0, 0.05) is 5.92 Å². The highest BCUT2D eigenvalue weighted by atomic mass is 16.1. The third kappa shape index (κ3) is 7.92. The van der Waals surface area contributed by atoms with Gasteiger partial charge in [-0.25, -0.2) is 0 Å². The lowest BCUT2D eigenvalue weighted by Crippen LogP contribution is -2.03. The molecule has 0 aliphatic heterocycles. The summed E-state index contributed by atoms with van der Waals surface area (Å²) < 4.78 is 0. The molecule has 0 amide bonds. The van der Waals surface area contributed by atoms with Gasteiger partial charge in [0.2, 0.25) is 0 Å². The molecule has 0 unspecified atom stereocenters. The van der Waals surface area contributed by atoms with Crippen LogP contribution in [0.1, 0.15) is 40.0 Å². The van der Waals surface area contributed by atoms with E-state index < -0.39 is 0 Å². The van der Waals surface area contributed by atoms with Crippen molar-refractivity contribution < 1.29 is 4.79 Å². The van der Waals surface area contributed by atoms with Gasteiger partial charge in [0.05, 0.1) is 0 Å². The van der Waals surface area contributed by atoms with Crippen molar-refractivity contribution in [3.05, 3.63) is 36.5 Å². The Morgan fingerprint density at radius 3 is 2.53 bits per heavy atom. The smallest absolute Gasteiger partial charge is 0.162 e. The van der Waals surface area contributed by atoms with Gasteiger partial charge < -0.3 is 0 Å². The fourth-order valence-corrected chi connectivity index (χ4v) is 1.08. The average molecular weight is 206 g/mol. The molecule has 0 N–H and O–H groups in total. The average Bonchev–Trinajstić information content (AvgIpc) is 2.24. The second-order valence-corrected chi connectivity index (χ2v) is 3.60. The van der Waals surface area contributed by atoms with Gasteiger partial charge in [-0.05, 0) is 18.9 Å². The second-order valence-electron chi connectivity index (χ2n) is 3.60. The Bertz CT molecular complexity index is 246. The predicted octanol–water partition coefficient (Wildman–Crippen LogP) is 4.07. The summed E-state index contributed by atoms with van der Waals surface area (Å²) in [5.74, 6) is 0.172. The van der Waals surface area contributed by atoms with Crippen LogP contribution >= 0.6 is 0 Å². The molecule has 0 fully saturated rings. The van der Waals surface area contributed by atoms with Gasteiger partial charge in [0.1, 0.15) is 0 Å². The Labute approximate surface area is 93.6 Å². The van der Waals surface area contributed by atoms with Crippen molar-refractivity contribution >= 4 is 5.78 Å². The maximum Gasteiger partial charge on any atom is 0.162 e. The first-order chi connectivity index (χ1) is 7.22. The van der Waals surface area contributed by atoms with Gasteiger partial charge in [-0.2, -0.15) is 0 Å². The topological polar surface area (TPSA) is 17.1 Å². The molecule has 0 aromatic heterocycles. The highest BCUT2D eigenvalue weighted by molar-refractivity contribution is 5.92. The van der Waals surface area contributed by atoms with E-state index in [0.29, 0.717) is 0 Å². The molecule has 1 atom stereocenters. The van der Waals surface area contributed by atoms with Crippen LogP contribution in [-0.2, 0) is 4.79 Å². The number of unbranched alkanes of at least 4 members (excludes halogenated alkanes) is 1. The molecule has 84 valence electrons.